The van der Waals surface area contributed by atoms with Crippen LogP contribution in [0.4, 0.5) is 0 Å². The Morgan fingerprint density at radius 2 is 2.33 bits per heavy atom. The van der Waals surface area contributed by atoms with E-state index in [1.54, 1.807) is 0 Å². The van der Waals surface area contributed by atoms with E-state index in [0.29, 0.717) is 0 Å². The third kappa shape index (κ3) is 1.73. The molecule has 0 aliphatic carbocycles. The molecular formula is C11H15N3O. The summed E-state index contributed by atoms with van der Waals surface area (Å²) in [6.07, 6.45) is 4.67. The van der Waals surface area contributed by atoms with Crippen molar-refractivity contribution in [3.63, 3.8) is 0 Å². The van der Waals surface area contributed by atoms with Crippen molar-refractivity contribution < 1.29 is 5.11 Å². The van der Waals surface area contributed by atoms with E-state index in [9.17, 15) is 0 Å². The van der Waals surface area contributed by atoms with E-state index in [4.69, 9.17) is 10.8 Å². The lowest BCUT2D eigenvalue weighted by molar-refractivity contribution is 0.267. The molecule has 4 nitrogen and oxygen atoms in total. The van der Waals surface area contributed by atoms with Gasteiger partial charge in [0.05, 0.1) is 24.4 Å². The molecule has 2 aromatic heterocycles. The zero-order valence-corrected chi connectivity index (χ0v) is 8.72. The molecule has 0 spiro atoms. The van der Waals surface area contributed by atoms with Crippen LogP contribution in [0.1, 0.15) is 24.4 Å². The summed E-state index contributed by atoms with van der Waals surface area (Å²) < 4.78 is 2.02. The van der Waals surface area contributed by atoms with Crippen molar-refractivity contribution in [2.75, 3.05) is 6.61 Å². The van der Waals surface area contributed by atoms with Crippen LogP contribution in [0.2, 0.25) is 0 Å². The maximum atomic E-state index is 8.99. The Balaban J connectivity index is 2.52. The largest absolute Gasteiger partial charge is 0.394 e. The highest BCUT2D eigenvalue weighted by molar-refractivity contribution is 5.47. The molecule has 0 aromatic carbocycles. The van der Waals surface area contributed by atoms with Crippen molar-refractivity contribution in [3.05, 3.63) is 35.9 Å². The minimum atomic E-state index is -0.318. The Hall–Kier alpha value is -1.39. The molecule has 0 amide bonds. The standard InChI is InChI=1S/C11H15N3O/c1-2-11-13-5-9-4-3-8(6-14(9)11)10(12)7-15/h3-6,10,15H,2,7,12H2,1H3. The van der Waals surface area contributed by atoms with Gasteiger partial charge in [-0.2, -0.15) is 0 Å². The summed E-state index contributed by atoms with van der Waals surface area (Å²) in [7, 11) is 0. The molecule has 0 fully saturated rings. The first-order valence-electron chi connectivity index (χ1n) is 5.08. The minimum Gasteiger partial charge on any atom is -0.394 e. The number of hydrogen-bond acceptors (Lipinski definition) is 3. The topological polar surface area (TPSA) is 63.5 Å². The fourth-order valence-electron chi connectivity index (χ4n) is 1.65. The van der Waals surface area contributed by atoms with Crippen LogP contribution >= 0.6 is 0 Å². The van der Waals surface area contributed by atoms with Crippen molar-refractivity contribution in [2.45, 2.75) is 19.4 Å². The average molecular weight is 205 g/mol. The average Bonchev–Trinajstić information content (AvgIpc) is 2.69. The lowest BCUT2D eigenvalue weighted by Crippen LogP contribution is -2.15. The Labute approximate surface area is 88.4 Å². The van der Waals surface area contributed by atoms with E-state index in [1.165, 1.54) is 0 Å². The van der Waals surface area contributed by atoms with Gasteiger partial charge in [-0.1, -0.05) is 13.0 Å². The molecule has 0 aliphatic rings. The van der Waals surface area contributed by atoms with E-state index in [1.807, 2.05) is 28.9 Å². The van der Waals surface area contributed by atoms with E-state index in [2.05, 4.69) is 11.9 Å². The number of aromatic nitrogens is 2. The van der Waals surface area contributed by atoms with Crippen molar-refractivity contribution in [1.82, 2.24) is 9.38 Å². The third-order valence-corrected chi connectivity index (χ3v) is 2.57. The molecule has 0 radical (unpaired) electrons. The Bertz CT molecular complexity index is 464. The van der Waals surface area contributed by atoms with Crippen LogP contribution in [0.5, 0.6) is 0 Å². The number of rotatable bonds is 3. The van der Waals surface area contributed by atoms with Crippen molar-refractivity contribution in [2.24, 2.45) is 5.73 Å². The summed E-state index contributed by atoms with van der Waals surface area (Å²) in [5, 5.41) is 8.99. The van der Waals surface area contributed by atoms with E-state index in [0.717, 1.165) is 23.3 Å². The SMILES string of the molecule is CCc1ncc2ccc(C(N)CO)cn12. The predicted molar refractivity (Wildman–Crippen MR) is 58.6 cm³/mol. The maximum Gasteiger partial charge on any atom is 0.112 e. The summed E-state index contributed by atoms with van der Waals surface area (Å²) in [4.78, 5) is 4.30. The highest BCUT2D eigenvalue weighted by Gasteiger charge is 2.07. The molecule has 80 valence electrons. The van der Waals surface area contributed by atoms with E-state index >= 15 is 0 Å². The second-order valence-corrected chi connectivity index (χ2v) is 3.57. The molecule has 0 bridgehead atoms. The molecule has 0 saturated carbocycles. The quantitative estimate of drug-likeness (QED) is 0.782. The van der Waals surface area contributed by atoms with Crippen LogP contribution < -0.4 is 5.73 Å². The van der Waals surface area contributed by atoms with Gasteiger partial charge >= 0.3 is 0 Å². The molecular weight excluding hydrogens is 190 g/mol. The highest BCUT2D eigenvalue weighted by atomic mass is 16.3. The van der Waals surface area contributed by atoms with Gasteiger partial charge in [-0.15, -0.1) is 0 Å². The van der Waals surface area contributed by atoms with Gasteiger partial charge in [0.2, 0.25) is 0 Å². The number of pyridine rings is 1. The smallest absolute Gasteiger partial charge is 0.112 e. The van der Waals surface area contributed by atoms with Crippen LogP contribution in [-0.4, -0.2) is 21.1 Å². The van der Waals surface area contributed by atoms with Crippen molar-refractivity contribution >= 4 is 5.52 Å². The third-order valence-electron chi connectivity index (χ3n) is 2.57. The monoisotopic (exact) mass is 205 g/mol. The first-order chi connectivity index (χ1) is 7.26. The normalized spacial score (nSPS) is 13.3. The summed E-state index contributed by atoms with van der Waals surface area (Å²) in [5.74, 6) is 1.01. The summed E-state index contributed by atoms with van der Waals surface area (Å²) in [5.41, 5.74) is 7.75. The van der Waals surface area contributed by atoms with E-state index in [-0.39, 0.29) is 12.6 Å². The van der Waals surface area contributed by atoms with Gasteiger partial charge in [0.15, 0.2) is 0 Å². The van der Waals surface area contributed by atoms with Crippen molar-refractivity contribution in [1.29, 1.82) is 0 Å². The van der Waals surface area contributed by atoms with Gasteiger partial charge in [0.25, 0.3) is 0 Å². The number of aliphatic hydroxyl groups is 1. The molecule has 15 heavy (non-hydrogen) atoms. The number of aryl methyl sites for hydroxylation is 1. The Morgan fingerprint density at radius 3 is 3.00 bits per heavy atom. The molecule has 0 aliphatic heterocycles. The Morgan fingerprint density at radius 1 is 1.53 bits per heavy atom. The number of imidazole rings is 1. The second kappa shape index (κ2) is 4.00. The van der Waals surface area contributed by atoms with Gasteiger partial charge in [-0.25, -0.2) is 4.98 Å². The van der Waals surface area contributed by atoms with E-state index < -0.39 is 0 Å². The molecule has 4 heteroatoms. The first kappa shape index (κ1) is 10.1. The van der Waals surface area contributed by atoms with Crippen molar-refractivity contribution in [3.8, 4) is 0 Å². The number of fused-ring (bicyclic) bond motifs is 1. The fourth-order valence-corrected chi connectivity index (χ4v) is 1.65. The molecule has 0 saturated heterocycles. The van der Waals surface area contributed by atoms with Crippen LogP contribution in [0.25, 0.3) is 5.52 Å². The molecule has 2 aromatic rings. The van der Waals surface area contributed by atoms with Crippen LogP contribution in [0, 0.1) is 0 Å². The second-order valence-electron chi connectivity index (χ2n) is 3.57. The highest BCUT2D eigenvalue weighted by Crippen LogP contribution is 2.14. The van der Waals surface area contributed by atoms with Crippen LogP contribution in [-0.2, 0) is 6.42 Å². The molecule has 1 atom stereocenters. The number of aliphatic hydroxyl groups excluding tert-OH is 1. The van der Waals surface area contributed by atoms with Gasteiger partial charge in [-0.3, -0.25) is 0 Å². The zero-order valence-electron chi connectivity index (χ0n) is 8.72. The van der Waals surface area contributed by atoms with Gasteiger partial charge in [0.1, 0.15) is 5.82 Å². The maximum absolute atomic E-state index is 8.99. The number of hydrogen-bond donors (Lipinski definition) is 2. The number of nitrogens with two attached hydrogens (primary N) is 1. The van der Waals surface area contributed by atoms with Gasteiger partial charge < -0.3 is 15.2 Å². The van der Waals surface area contributed by atoms with Crippen LogP contribution in [0.3, 0.4) is 0 Å². The van der Waals surface area contributed by atoms with Gasteiger partial charge in [0, 0.05) is 12.6 Å². The zero-order chi connectivity index (χ0) is 10.8. The molecule has 2 rings (SSSR count). The fraction of sp³-hybridized carbons (Fsp3) is 0.364. The molecule has 2 heterocycles. The predicted octanol–water partition coefficient (Wildman–Crippen LogP) is 0.889. The Kier molecular flexibility index (Phi) is 2.70. The summed E-state index contributed by atoms with van der Waals surface area (Å²) >= 11 is 0. The lowest BCUT2D eigenvalue weighted by Gasteiger charge is -2.09. The van der Waals surface area contributed by atoms with Crippen LogP contribution in [0.15, 0.2) is 24.5 Å². The number of nitrogens with zero attached hydrogens (tertiary/aromatic N) is 2. The van der Waals surface area contributed by atoms with Gasteiger partial charge in [-0.05, 0) is 11.6 Å². The first-order valence-corrected chi connectivity index (χ1v) is 5.08. The minimum absolute atomic E-state index is 0.0400. The molecule has 3 N–H and O–H groups in total. The summed E-state index contributed by atoms with van der Waals surface area (Å²) in [6.45, 7) is 2.02. The molecule has 1 unspecified atom stereocenters. The summed E-state index contributed by atoms with van der Waals surface area (Å²) in [6, 6.07) is 3.58. The lowest BCUT2D eigenvalue weighted by atomic mass is 10.1.